The van der Waals surface area contributed by atoms with E-state index in [1.54, 1.807) is 15.6 Å². The third-order valence-corrected chi connectivity index (χ3v) is 2.97. The molecule has 2 aromatic heterocycles. The number of nitrogens with one attached hydrogen (secondary N) is 1. The minimum absolute atomic E-state index is 0.0330. The van der Waals surface area contributed by atoms with E-state index in [0.717, 1.165) is 17.2 Å². The van der Waals surface area contributed by atoms with E-state index in [2.05, 4.69) is 25.9 Å². The first-order valence-electron chi connectivity index (χ1n) is 6.33. The van der Waals surface area contributed by atoms with Gasteiger partial charge in [-0.3, -0.25) is 4.68 Å². The lowest BCUT2D eigenvalue weighted by Crippen LogP contribution is -2.13. The molecule has 2 heterocycles. The second-order valence-corrected chi connectivity index (χ2v) is 4.55. The lowest BCUT2D eigenvalue weighted by molar-refractivity contribution is 0.718. The van der Waals surface area contributed by atoms with E-state index >= 15 is 0 Å². The van der Waals surface area contributed by atoms with Crippen LogP contribution in [0.25, 0.3) is 5.69 Å². The van der Waals surface area contributed by atoms with Crippen LogP contribution < -0.4 is 5.32 Å². The third kappa shape index (κ3) is 2.37. The second kappa shape index (κ2) is 5.12. The van der Waals surface area contributed by atoms with Gasteiger partial charge in [0.1, 0.15) is 0 Å². The highest BCUT2D eigenvalue weighted by Gasteiger charge is 2.15. The van der Waals surface area contributed by atoms with Crippen LogP contribution >= 0.6 is 0 Å². The van der Waals surface area contributed by atoms with E-state index in [-0.39, 0.29) is 6.04 Å². The number of nitrogens with zero attached hydrogens (tertiary/aromatic N) is 6. The first kappa shape index (κ1) is 12.3. The van der Waals surface area contributed by atoms with Crippen LogP contribution in [0.4, 0.5) is 5.69 Å². The van der Waals surface area contributed by atoms with E-state index in [0.29, 0.717) is 0 Å². The van der Waals surface area contributed by atoms with Crippen LogP contribution in [-0.4, -0.2) is 30.0 Å². The Kier molecular flexibility index (Phi) is 3.16. The Balaban J connectivity index is 1.86. The molecule has 0 spiro atoms. The van der Waals surface area contributed by atoms with E-state index in [9.17, 15) is 0 Å². The highest BCUT2D eigenvalue weighted by Crippen LogP contribution is 2.18. The summed E-state index contributed by atoms with van der Waals surface area (Å²) in [5.41, 5.74) is 1.87. The molecule has 0 saturated carbocycles. The van der Waals surface area contributed by atoms with Gasteiger partial charge in [-0.05, 0) is 29.5 Å². The van der Waals surface area contributed by atoms with Crippen molar-refractivity contribution in [3.8, 4) is 5.69 Å². The van der Waals surface area contributed by atoms with Gasteiger partial charge in [0.25, 0.3) is 0 Å². The van der Waals surface area contributed by atoms with E-state index < -0.39 is 0 Å². The molecule has 7 heteroatoms. The number of hydrogen-bond donors (Lipinski definition) is 1. The molecule has 1 atom stereocenters. The van der Waals surface area contributed by atoms with Crippen LogP contribution in [0.3, 0.4) is 0 Å². The van der Waals surface area contributed by atoms with Gasteiger partial charge in [-0.1, -0.05) is 18.2 Å². The van der Waals surface area contributed by atoms with Gasteiger partial charge in [0, 0.05) is 13.2 Å². The SMILES string of the molecule is C[C@H](Nc1cnn(C)c1)c1nnnn1-c1ccccc1. The molecular formula is C13H15N7. The molecular weight excluding hydrogens is 254 g/mol. The van der Waals surface area contributed by atoms with Crippen LogP contribution in [0, 0.1) is 0 Å². The zero-order chi connectivity index (χ0) is 13.9. The molecule has 0 saturated heterocycles. The van der Waals surface area contributed by atoms with Crippen LogP contribution in [0.2, 0.25) is 0 Å². The van der Waals surface area contributed by atoms with Crippen molar-refractivity contribution in [2.45, 2.75) is 13.0 Å². The number of anilines is 1. The summed E-state index contributed by atoms with van der Waals surface area (Å²) in [4.78, 5) is 0. The van der Waals surface area contributed by atoms with Gasteiger partial charge in [-0.25, -0.2) is 0 Å². The number of benzene rings is 1. The standard InChI is InChI=1S/C13H15N7/c1-10(15-11-8-14-19(2)9-11)13-16-17-18-20(13)12-6-4-3-5-7-12/h3-10,15H,1-2H3/t10-/m0/s1. The quantitative estimate of drug-likeness (QED) is 0.778. The van der Waals surface area contributed by atoms with Gasteiger partial charge in [0.05, 0.1) is 23.6 Å². The smallest absolute Gasteiger partial charge is 0.178 e. The van der Waals surface area contributed by atoms with Gasteiger partial charge in [0.2, 0.25) is 0 Å². The van der Waals surface area contributed by atoms with Gasteiger partial charge in [0.15, 0.2) is 5.82 Å². The molecule has 0 aliphatic heterocycles. The third-order valence-electron chi connectivity index (χ3n) is 2.97. The number of para-hydroxylation sites is 1. The van der Waals surface area contributed by atoms with E-state index in [1.807, 2.05) is 50.5 Å². The molecule has 102 valence electrons. The fourth-order valence-corrected chi connectivity index (χ4v) is 2.03. The molecule has 0 unspecified atom stereocenters. The van der Waals surface area contributed by atoms with Crippen LogP contribution in [0.5, 0.6) is 0 Å². The maximum absolute atomic E-state index is 4.13. The summed E-state index contributed by atoms with van der Waals surface area (Å²) in [5, 5.41) is 19.4. The lowest BCUT2D eigenvalue weighted by Gasteiger charge is -2.13. The summed E-state index contributed by atoms with van der Waals surface area (Å²) in [6.45, 7) is 2.01. The summed E-state index contributed by atoms with van der Waals surface area (Å²) < 4.78 is 3.48. The maximum Gasteiger partial charge on any atom is 0.178 e. The van der Waals surface area contributed by atoms with Crippen molar-refractivity contribution in [3.05, 3.63) is 48.5 Å². The molecule has 1 N–H and O–H groups in total. The predicted octanol–water partition coefficient (Wildman–Crippen LogP) is 1.57. The monoisotopic (exact) mass is 269 g/mol. The average molecular weight is 269 g/mol. The summed E-state index contributed by atoms with van der Waals surface area (Å²) in [6, 6.07) is 9.78. The Bertz CT molecular complexity index is 686. The first-order valence-corrected chi connectivity index (χ1v) is 6.33. The maximum atomic E-state index is 4.13. The number of aryl methyl sites for hydroxylation is 1. The molecule has 0 aliphatic rings. The van der Waals surface area contributed by atoms with E-state index in [1.165, 1.54) is 0 Å². The minimum Gasteiger partial charge on any atom is -0.373 e. The first-order chi connectivity index (χ1) is 9.74. The number of aromatic nitrogens is 6. The number of hydrogen-bond acceptors (Lipinski definition) is 5. The highest BCUT2D eigenvalue weighted by molar-refractivity contribution is 5.40. The van der Waals surface area contributed by atoms with Gasteiger partial charge < -0.3 is 5.32 Å². The Morgan fingerprint density at radius 1 is 1.20 bits per heavy atom. The molecule has 0 radical (unpaired) electrons. The predicted molar refractivity (Wildman–Crippen MR) is 74.4 cm³/mol. The average Bonchev–Trinajstić information content (AvgIpc) is 3.09. The molecule has 1 aromatic carbocycles. The van der Waals surface area contributed by atoms with Crippen molar-refractivity contribution in [1.29, 1.82) is 0 Å². The van der Waals surface area contributed by atoms with Gasteiger partial charge in [-0.2, -0.15) is 9.78 Å². The van der Waals surface area contributed by atoms with Gasteiger partial charge >= 0.3 is 0 Å². The molecule has 7 nitrogen and oxygen atoms in total. The fourth-order valence-electron chi connectivity index (χ4n) is 2.03. The van der Waals surface area contributed by atoms with Crippen LogP contribution in [0.1, 0.15) is 18.8 Å². The van der Waals surface area contributed by atoms with Gasteiger partial charge in [-0.15, -0.1) is 5.10 Å². The molecule has 20 heavy (non-hydrogen) atoms. The molecule has 3 aromatic rings. The Morgan fingerprint density at radius 3 is 2.70 bits per heavy atom. The summed E-state index contributed by atoms with van der Waals surface area (Å²) in [5.74, 6) is 0.750. The Hall–Kier alpha value is -2.70. The summed E-state index contributed by atoms with van der Waals surface area (Å²) in [7, 11) is 1.88. The Labute approximate surface area is 116 Å². The zero-order valence-corrected chi connectivity index (χ0v) is 11.3. The number of rotatable bonds is 4. The lowest BCUT2D eigenvalue weighted by atomic mass is 10.2. The van der Waals surface area contributed by atoms with E-state index in [4.69, 9.17) is 0 Å². The van der Waals surface area contributed by atoms with Crippen molar-refractivity contribution in [2.24, 2.45) is 7.05 Å². The van der Waals surface area contributed by atoms with Crippen molar-refractivity contribution in [1.82, 2.24) is 30.0 Å². The van der Waals surface area contributed by atoms with Crippen molar-refractivity contribution >= 4 is 5.69 Å². The van der Waals surface area contributed by atoms with Crippen molar-refractivity contribution in [3.63, 3.8) is 0 Å². The second-order valence-electron chi connectivity index (χ2n) is 4.55. The largest absolute Gasteiger partial charge is 0.373 e. The van der Waals surface area contributed by atoms with Crippen LogP contribution in [-0.2, 0) is 7.05 Å². The zero-order valence-electron chi connectivity index (χ0n) is 11.3. The molecule has 0 bridgehead atoms. The van der Waals surface area contributed by atoms with Crippen molar-refractivity contribution in [2.75, 3.05) is 5.32 Å². The topological polar surface area (TPSA) is 73.5 Å². The molecule has 0 fully saturated rings. The highest BCUT2D eigenvalue weighted by atomic mass is 15.5. The van der Waals surface area contributed by atoms with Crippen molar-refractivity contribution < 1.29 is 0 Å². The molecule has 0 amide bonds. The Morgan fingerprint density at radius 2 is 2.00 bits per heavy atom. The summed E-state index contributed by atoms with van der Waals surface area (Å²) in [6.07, 6.45) is 3.68. The number of tetrazole rings is 1. The normalized spacial score (nSPS) is 12.3. The van der Waals surface area contributed by atoms with Crippen LogP contribution in [0.15, 0.2) is 42.7 Å². The minimum atomic E-state index is -0.0330. The fraction of sp³-hybridized carbons (Fsp3) is 0.231. The molecule has 0 aliphatic carbocycles. The summed E-state index contributed by atoms with van der Waals surface area (Å²) >= 11 is 0. The molecule has 3 rings (SSSR count).